The molecule has 0 saturated carbocycles. The minimum Gasteiger partial charge on any atom is -0.383 e. The first kappa shape index (κ1) is 12.9. The fraction of sp³-hybridized carbons (Fsp3) is 0.400. The van der Waals surface area contributed by atoms with E-state index in [1.165, 1.54) is 11.1 Å². The fourth-order valence-corrected chi connectivity index (χ4v) is 3.57. The Morgan fingerprint density at radius 2 is 1.84 bits per heavy atom. The van der Waals surface area contributed by atoms with Gasteiger partial charge in [-0.05, 0) is 40.9 Å². The molecule has 3 rings (SSSR count). The van der Waals surface area contributed by atoms with E-state index in [2.05, 4.69) is 47.0 Å². The van der Waals surface area contributed by atoms with Crippen molar-refractivity contribution in [3.05, 3.63) is 51.8 Å². The van der Waals surface area contributed by atoms with Gasteiger partial charge in [-0.15, -0.1) is 0 Å². The molecule has 0 bridgehead atoms. The highest BCUT2D eigenvalue weighted by Crippen LogP contribution is 2.41. The monoisotopic (exact) mass is 320 g/mol. The van der Waals surface area contributed by atoms with Crippen LogP contribution in [-0.4, -0.2) is 14.9 Å². The van der Waals surface area contributed by atoms with Crippen LogP contribution in [0.2, 0.25) is 0 Å². The van der Waals surface area contributed by atoms with E-state index >= 15 is 0 Å². The summed E-state index contributed by atoms with van der Waals surface area (Å²) in [6, 6.07) is 8.47. The molecule has 1 aliphatic carbocycles. The Labute approximate surface area is 121 Å². The number of halogens is 1. The molecule has 19 heavy (non-hydrogen) atoms. The molecule has 0 fully saturated rings. The lowest BCUT2D eigenvalue weighted by Crippen LogP contribution is -2.31. The van der Waals surface area contributed by atoms with E-state index in [0.29, 0.717) is 12.8 Å². The molecule has 1 heterocycles. The molecule has 0 unspecified atom stereocenters. The molecule has 0 atom stereocenters. The van der Waals surface area contributed by atoms with E-state index in [1.54, 1.807) is 6.20 Å². The third kappa shape index (κ3) is 2.03. The molecule has 0 amide bonds. The quantitative estimate of drug-likeness (QED) is 0.922. The van der Waals surface area contributed by atoms with Gasteiger partial charge in [0.15, 0.2) is 0 Å². The Hall–Kier alpha value is -1.13. The van der Waals surface area contributed by atoms with Crippen LogP contribution in [0.4, 0.5) is 0 Å². The van der Waals surface area contributed by atoms with Crippen molar-refractivity contribution in [1.82, 2.24) is 9.78 Å². The minimum absolute atomic E-state index is 0.231. The Kier molecular flexibility index (Phi) is 3.02. The van der Waals surface area contributed by atoms with E-state index in [-0.39, 0.29) is 6.04 Å². The van der Waals surface area contributed by atoms with E-state index < -0.39 is 5.60 Å². The molecule has 100 valence electrons. The average Bonchev–Trinajstić information content (AvgIpc) is 2.89. The van der Waals surface area contributed by atoms with Crippen molar-refractivity contribution in [2.45, 2.75) is 38.3 Å². The van der Waals surface area contributed by atoms with E-state index in [1.807, 2.05) is 16.8 Å². The fourth-order valence-electron chi connectivity index (χ4n) is 2.93. The number of aliphatic hydroxyl groups is 1. The van der Waals surface area contributed by atoms with Crippen molar-refractivity contribution >= 4 is 15.9 Å². The molecule has 1 aromatic heterocycles. The zero-order chi connectivity index (χ0) is 13.6. The van der Waals surface area contributed by atoms with Crippen LogP contribution in [0, 0.1) is 0 Å². The van der Waals surface area contributed by atoms with Gasteiger partial charge in [0.25, 0.3) is 0 Å². The second kappa shape index (κ2) is 4.46. The van der Waals surface area contributed by atoms with Gasteiger partial charge in [-0.1, -0.05) is 24.3 Å². The molecule has 0 radical (unpaired) electrons. The SMILES string of the molecule is CC(C)n1ncc(Br)c1C1(O)Cc2ccccc2C1. The summed E-state index contributed by atoms with van der Waals surface area (Å²) in [7, 11) is 0. The highest BCUT2D eigenvalue weighted by molar-refractivity contribution is 9.10. The zero-order valence-electron chi connectivity index (χ0n) is 11.1. The lowest BCUT2D eigenvalue weighted by atomic mass is 9.95. The Morgan fingerprint density at radius 3 is 2.37 bits per heavy atom. The lowest BCUT2D eigenvalue weighted by Gasteiger charge is -2.25. The smallest absolute Gasteiger partial charge is 0.115 e. The summed E-state index contributed by atoms with van der Waals surface area (Å²) in [6.07, 6.45) is 3.08. The molecule has 1 aliphatic rings. The highest BCUT2D eigenvalue weighted by Gasteiger charge is 2.41. The number of nitrogens with zero attached hydrogens (tertiary/aromatic N) is 2. The summed E-state index contributed by atoms with van der Waals surface area (Å²) in [6.45, 7) is 4.16. The molecular formula is C15H17BrN2O. The van der Waals surface area contributed by atoms with E-state index in [9.17, 15) is 5.11 Å². The first-order valence-corrected chi connectivity index (χ1v) is 7.33. The molecule has 1 N–H and O–H groups in total. The molecule has 0 spiro atoms. The maximum Gasteiger partial charge on any atom is 0.115 e. The van der Waals surface area contributed by atoms with Crippen molar-refractivity contribution in [1.29, 1.82) is 0 Å². The van der Waals surface area contributed by atoms with Crippen LogP contribution >= 0.6 is 15.9 Å². The first-order chi connectivity index (χ1) is 9.01. The summed E-state index contributed by atoms with van der Waals surface area (Å²) in [5.74, 6) is 0. The van der Waals surface area contributed by atoms with Crippen LogP contribution in [0.25, 0.3) is 0 Å². The third-order valence-electron chi connectivity index (χ3n) is 3.76. The normalized spacial score (nSPS) is 16.9. The van der Waals surface area contributed by atoms with E-state index in [4.69, 9.17) is 0 Å². The summed E-state index contributed by atoms with van der Waals surface area (Å²) >= 11 is 3.53. The van der Waals surface area contributed by atoms with Crippen LogP contribution in [0.15, 0.2) is 34.9 Å². The van der Waals surface area contributed by atoms with Crippen molar-refractivity contribution in [2.75, 3.05) is 0 Å². The highest BCUT2D eigenvalue weighted by atomic mass is 79.9. The molecular weight excluding hydrogens is 304 g/mol. The topological polar surface area (TPSA) is 38.0 Å². The van der Waals surface area contributed by atoms with Gasteiger partial charge in [-0.25, -0.2) is 0 Å². The number of aromatic nitrogens is 2. The molecule has 0 aliphatic heterocycles. The summed E-state index contributed by atoms with van der Waals surface area (Å²) in [5, 5.41) is 15.5. The largest absolute Gasteiger partial charge is 0.383 e. The number of hydrogen-bond acceptors (Lipinski definition) is 2. The zero-order valence-corrected chi connectivity index (χ0v) is 12.7. The molecule has 4 heteroatoms. The van der Waals surface area contributed by atoms with Gasteiger partial charge in [0.05, 0.1) is 16.4 Å². The Balaban J connectivity index is 2.07. The van der Waals surface area contributed by atoms with Crippen molar-refractivity contribution in [2.24, 2.45) is 0 Å². The van der Waals surface area contributed by atoms with Crippen LogP contribution in [0.3, 0.4) is 0 Å². The summed E-state index contributed by atoms with van der Waals surface area (Å²) < 4.78 is 2.80. The predicted molar refractivity (Wildman–Crippen MR) is 78.1 cm³/mol. The van der Waals surface area contributed by atoms with Crippen molar-refractivity contribution in [3.63, 3.8) is 0 Å². The predicted octanol–water partition coefficient (Wildman–Crippen LogP) is 3.21. The van der Waals surface area contributed by atoms with Gasteiger partial charge in [0.1, 0.15) is 5.60 Å². The number of hydrogen-bond donors (Lipinski definition) is 1. The van der Waals surface area contributed by atoms with Gasteiger partial charge < -0.3 is 5.11 Å². The Morgan fingerprint density at radius 1 is 1.26 bits per heavy atom. The van der Waals surface area contributed by atoms with Crippen LogP contribution < -0.4 is 0 Å². The molecule has 2 aromatic rings. The van der Waals surface area contributed by atoms with Crippen LogP contribution in [0.1, 0.15) is 36.7 Å². The molecule has 0 saturated heterocycles. The van der Waals surface area contributed by atoms with Gasteiger partial charge in [0.2, 0.25) is 0 Å². The second-order valence-corrected chi connectivity index (χ2v) is 6.39. The lowest BCUT2D eigenvalue weighted by molar-refractivity contribution is 0.0367. The maximum absolute atomic E-state index is 11.1. The number of rotatable bonds is 2. The summed E-state index contributed by atoms with van der Waals surface area (Å²) in [5.41, 5.74) is 2.49. The van der Waals surface area contributed by atoms with Gasteiger partial charge in [0, 0.05) is 18.9 Å². The Bertz CT molecular complexity index is 593. The number of benzene rings is 1. The average molecular weight is 321 g/mol. The van der Waals surface area contributed by atoms with Crippen molar-refractivity contribution in [3.8, 4) is 0 Å². The van der Waals surface area contributed by atoms with Crippen molar-refractivity contribution < 1.29 is 5.11 Å². The molecule has 3 nitrogen and oxygen atoms in total. The maximum atomic E-state index is 11.1. The first-order valence-electron chi connectivity index (χ1n) is 6.54. The summed E-state index contributed by atoms with van der Waals surface area (Å²) in [4.78, 5) is 0. The van der Waals surface area contributed by atoms with E-state index in [0.717, 1.165) is 10.2 Å². The third-order valence-corrected chi connectivity index (χ3v) is 4.35. The van der Waals surface area contributed by atoms with Gasteiger partial charge in [-0.2, -0.15) is 5.10 Å². The van der Waals surface area contributed by atoms with Gasteiger partial charge in [-0.3, -0.25) is 4.68 Å². The minimum atomic E-state index is -0.858. The van der Waals surface area contributed by atoms with Crippen LogP contribution in [-0.2, 0) is 18.4 Å². The second-order valence-electron chi connectivity index (χ2n) is 5.53. The standard InChI is InChI=1S/C15H17BrN2O/c1-10(2)18-14(13(16)9-17-18)15(19)7-11-5-3-4-6-12(11)8-15/h3-6,9-10,19H,7-8H2,1-2H3. The van der Waals surface area contributed by atoms with Gasteiger partial charge >= 0.3 is 0 Å². The molecule has 1 aromatic carbocycles. The van der Waals surface area contributed by atoms with Crippen LogP contribution in [0.5, 0.6) is 0 Å². The number of fused-ring (bicyclic) bond motifs is 1.